The van der Waals surface area contributed by atoms with Gasteiger partial charge in [0.25, 0.3) is 0 Å². The lowest BCUT2D eigenvalue weighted by Crippen LogP contribution is -2.41. The highest BCUT2D eigenvalue weighted by atomic mass is 16.7. The number of hydrogen-bond acceptors (Lipinski definition) is 3. The first-order chi connectivity index (χ1) is 43.6. The minimum absolute atomic E-state index is 0. The van der Waals surface area contributed by atoms with E-state index in [2.05, 4.69) is 327 Å². The fraction of sp³-hybridized carbons (Fsp3) is 0.133. The number of fused-ring (bicyclic) bond motifs is 9. The minimum atomic E-state index is -0.373. The molecule has 91 heavy (non-hydrogen) atoms. The molecule has 0 atom stereocenters. The SMILES string of the molecule is C.C1CCOC1.CC1(C)OB(c2ccc3c(c2)c2ccccc2n3-c2ccc(-c3ccccc3)cc2)OC1(C)C.[2HH].[2HH].[B].c1ccc(-c2ccc(-n3c4ccccc4c4cc(-c5ccc6c(c5)c5cc(-c7ccccc7)ccc5n6-c5ccccc5)ccc43)cc2)cc1. The third-order valence-corrected chi connectivity index (χ3v) is 18.4. The number of para-hydroxylation sites is 3. The minimum Gasteiger partial charge on any atom is -0.399 e. The quantitative estimate of drug-likeness (QED) is 0.142. The van der Waals surface area contributed by atoms with Crippen molar-refractivity contribution in [1.82, 2.24) is 13.7 Å². The van der Waals surface area contributed by atoms with Gasteiger partial charge in [0.2, 0.25) is 0 Å². The van der Waals surface area contributed by atoms with Gasteiger partial charge < -0.3 is 27.7 Å². The van der Waals surface area contributed by atoms with Gasteiger partial charge in [-0.1, -0.05) is 208 Å². The highest BCUT2D eigenvalue weighted by molar-refractivity contribution is 6.62. The van der Waals surface area contributed by atoms with Gasteiger partial charge in [-0.2, -0.15) is 0 Å². The number of benzene rings is 12. The molecule has 6 nitrogen and oxygen atoms in total. The first kappa shape index (κ1) is 60.0. The predicted molar refractivity (Wildman–Crippen MR) is 390 cm³/mol. The zero-order valence-electron chi connectivity index (χ0n) is 51.3. The maximum Gasteiger partial charge on any atom is 0.494 e. The standard InChI is InChI=1S/C48H32N2.C30H28BNO2.C4H8O.CH4.B.2H2/c1-4-12-33(13-5-1)35-20-25-40(26-21-35)50-45-19-11-10-18-41(45)42-31-37(23-28-46(42)50)38-24-29-48-44(32-38)43-30-36(34-14-6-2-7-15-34)22-27-47(43)49(48)39-16-8-3-9-17-39;1-29(2)30(3,4)34-31(33-29)23-16-19-28-26(20-23)25-12-8-9-13-27(25)32(28)24-17-14-22(15-18-24)21-10-6-5-7-11-21;1-2-4-5-3-1;;;;/h1-32H;5-20H,1-4H3;1-4H2;1H4;;2*1H/i;;;;;2*1+1. The van der Waals surface area contributed by atoms with E-state index in [1.165, 1.54) is 128 Å². The van der Waals surface area contributed by atoms with Crippen LogP contribution in [0, 0.1) is 0 Å². The smallest absolute Gasteiger partial charge is 0.399 e. The molecule has 0 aliphatic carbocycles. The largest absolute Gasteiger partial charge is 0.494 e. The molecule has 0 amide bonds. The third-order valence-electron chi connectivity index (χ3n) is 18.4. The molecule has 2 fully saturated rings. The molecule has 0 spiro atoms. The zero-order valence-corrected chi connectivity index (χ0v) is 51.3. The molecular formula is C83H76B2N3O3. The monoisotopic (exact) mass is 1190 g/mol. The van der Waals surface area contributed by atoms with Crippen molar-refractivity contribution in [3.63, 3.8) is 0 Å². The summed E-state index contributed by atoms with van der Waals surface area (Å²) >= 11 is 0. The molecule has 3 radical (unpaired) electrons. The summed E-state index contributed by atoms with van der Waals surface area (Å²) in [6.07, 6.45) is 2.56. The summed E-state index contributed by atoms with van der Waals surface area (Å²) in [5.74, 6) is 0. The van der Waals surface area contributed by atoms with Crippen LogP contribution in [0.3, 0.4) is 0 Å². The molecule has 17 rings (SSSR count). The molecule has 0 N–H and O–H groups in total. The zero-order chi connectivity index (χ0) is 60.1. The van der Waals surface area contributed by atoms with Gasteiger partial charge in [0.1, 0.15) is 0 Å². The van der Waals surface area contributed by atoms with Crippen molar-refractivity contribution >= 4 is 86.4 Å². The van der Waals surface area contributed by atoms with Crippen LogP contribution in [0.5, 0.6) is 0 Å². The lowest BCUT2D eigenvalue weighted by Gasteiger charge is -2.32. The molecule has 3 aromatic heterocycles. The van der Waals surface area contributed by atoms with Gasteiger partial charge in [-0.15, -0.1) is 0 Å². The molecule has 2 saturated heterocycles. The van der Waals surface area contributed by atoms with E-state index < -0.39 is 0 Å². The molecule has 0 bridgehead atoms. The van der Waals surface area contributed by atoms with E-state index in [4.69, 9.17) is 14.0 Å². The average Bonchev–Trinajstić information content (AvgIpc) is 1.61. The second-order valence-corrected chi connectivity index (χ2v) is 24.4. The van der Waals surface area contributed by atoms with E-state index in [0.717, 1.165) is 30.1 Å². The lowest BCUT2D eigenvalue weighted by molar-refractivity contribution is 0.00578. The Bertz CT molecular complexity index is 5020. The Morgan fingerprint density at radius 1 is 0.297 bits per heavy atom. The van der Waals surface area contributed by atoms with Crippen molar-refractivity contribution in [1.29, 1.82) is 0 Å². The number of hydrogen-bond donors (Lipinski definition) is 0. The number of rotatable bonds is 8. The fourth-order valence-corrected chi connectivity index (χ4v) is 13.1. The Kier molecular flexibility index (Phi) is 16.6. The molecule has 15 aromatic rings. The number of aromatic nitrogens is 3. The first-order valence-corrected chi connectivity index (χ1v) is 31.2. The van der Waals surface area contributed by atoms with Crippen molar-refractivity contribution < 1.29 is 16.9 Å². The topological polar surface area (TPSA) is 42.5 Å². The molecule has 0 unspecified atom stereocenters. The van der Waals surface area contributed by atoms with Crippen molar-refractivity contribution in [2.75, 3.05) is 13.2 Å². The molecule has 0 saturated carbocycles. The fourth-order valence-electron chi connectivity index (χ4n) is 13.1. The first-order valence-electron chi connectivity index (χ1n) is 31.2. The Morgan fingerprint density at radius 2 is 0.582 bits per heavy atom. The maximum atomic E-state index is 6.33. The number of ether oxygens (including phenoxy) is 1. The molecule has 2 aliphatic rings. The third kappa shape index (κ3) is 11.3. The van der Waals surface area contributed by atoms with Crippen molar-refractivity contribution in [2.45, 2.75) is 59.2 Å². The highest BCUT2D eigenvalue weighted by Crippen LogP contribution is 2.42. The van der Waals surface area contributed by atoms with E-state index in [0.29, 0.717) is 0 Å². The molecular weight excluding hydrogens is 1110 g/mol. The predicted octanol–water partition coefficient (Wildman–Crippen LogP) is 21.2. The van der Waals surface area contributed by atoms with Crippen LogP contribution in [0.2, 0.25) is 0 Å². The lowest BCUT2D eigenvalue weighted by atomic mass is 9.78. The highest BCUT2D eigenvalue weighted by Gasteiger charge is 2.51. The van der Waals surface area contributed by atoms with Crippen LogP contribution in [0.4, 0.5) is 0 Å². The molecule has 2 aliphatic heterocycles. The summed E-state index contributed by atoms with van der Waals surface area (Å²) in [5, 5.41) is 7.44. The summed E-state index contributed by atoms with van der Waals surface area (Å²) in [4.78, 5) is 0. The molecule has 447 valence electrons. The van der Waals surface area contributed by atoms with Crippen LogP contribution < -0.4 is 5.46 Å². The van der Waals surface area contributed by atoms with E-state index in [9.17, 15) is 0 Å². The van der Waals surface area contributed by atoms with E-state index >= 15 is 0 Å². The van der Waals surface area contributed by atoms with Gasteiger partial charge in [0.15, 0.2) is 0 Å². The van der Waals surface area contributed by atoms with Crippen LogP contribution in [-0.2, 0) is 14.0 Å². The normalized spacial score (nSPS) is 14.0. The van der Waals surface area contributed by atoms with Gasteiger partial charge in [-0.3, -0.25) is 0 Å². The van der Waals surface area contributed by atoms with Crippen LogP contribution in [0.1, 0.15) is 50.8 Å². The average molecular weight is 1190 g/mol. The van der Waals surface area contributed by atoms with E-state index in [1.807, 2.05) is 6.07 Å². The van der Waals surface area contributed by atoms with Crippen molar-refractivity contribution in [3.05, 3.63) is 291 Å². The van der Waals surface area contributed by atoms with Crippen LogP contribution in [0.15, 0.2) is 291 Å². The van der Waals surface area contributed by atoms with Crippen molar-refractivity contribution in [2.24, 2.45) is 0 Å². The van der Waals surface area contributed by atoms with E-state index in [1.54, 1.807) is 0 Å². The van der Waals surface area contributed by atoms with Gasteiger partial charge in [0, 0.05) is 73.9 Å². The van der Waals surface area contributed by atoms with Gasteiger partial charge in [0.05, 0.1) is 44.3 Å². The van der Waals surface area contributed by atoms with Gasteiger partial charge in [-0.05, 0) is 182 Å². The van der Waals surface area contributed by atoms with E-state index in [-0.39, 0.29) is 37.0 Å². The summed E-state index contributed by atoms with van der Waals surface area (Å²) in [6.45, 7) is 10.4. The summed E-state index contributed by atoms with van der Waals surface area (Å²) in [5.41, 5.74) is 20.8. The Hall–Kier alpha value is -9.95. The maximum absolute atomic E-state index is 6.33. The molecule has 12 aromatic carbocycles. The summed E-state index contributed by atoms with van der Waals surface area (Å²) in [6, 6.07) is 105. The summed E-state index contributed by atoms with van der Waals surface area (Å²) < 4.78 is 24.7. The van der Waals surface area contributed by atoms with Crippen molar-refractivity contribution in [3.8, 4) is 61.6 Å². The van der Waals surface area contributed by atoms with Crippen LogP contribution >= 0.6 is 0 Å². The second kappa shape index (κ2) is 25.1. The summed E-state index contributed by atoms with van der Waals surface area (Å²) in [7, 11) is -0.373. The van der Waals surface area contributed by atoms with Crippen LogP contribution in [0.25, 0.3) is 127 Å². The van der Waals surface area contributed by atoms with Crippen LogP contribution in [-0.4, -0.2) is 53.6 Å². The molecule has 8 heteroatoms. The Morgan fingerprint density at radius 3 is 0.978 bits per heavy atom. The second-order valence-electron chi connectivity index (χ2n) is 24.4. The van der Waals surface area contributed by atoms with Gasteiger partial charge >= 0.3 is 7.12 Å². The Labute approximate surface area is 539 Å². The Balaban J connectivity index is 0.000000179. The molecule has 5 heterocycles. The van der Waals surface area contributed by atoms with Gasteiger partial charge in [-0.25, -0.2) is 0 Å². The number of nitrogens with zero attached hydrogens (tertiary/aromatic N) is 3.